The van der Waals surface area contributed by atoms with Crippen LogP contribution in [0.5, 0.6) is 0 Å². The van der Waals surface area contributed by atoms with Crippen molar-refractivity contribution in [3.05, 3.63) is 48.0 Å². The Morgan fingerprint density at radius 2 is 2.00 bits per heavy atom. The van der Waals surface area contributed by atoms with Crippen LogP contribution in [-0.4, -0.2) is 58.7 Å². The van der Waals surface area contributed by atoms with Gasteiger partial charge in [0.2, 0.25) is 5.91 Å². The molecular weight excluding hydrogens is 332 g/mol. The van der Waals surface area contributed by atoms with E-state index in [-0.39, 0.29) is 6.04 Å². The molecule has 0 radical (unpaired) electrons. The monoisotopic (exact) mass is 358 g/mol. The third-order valence-corrected chi connectivity index (χ3v) is 5.47. The maximum absolute atomic E-state index is 13.0. The molecule has 0 aromatic heterocycles. The van der Waals surface area contributed by atoms with Crippen molar-refractivity contribution in [1.29, 1.82) is 0 Å². The largest absolute Gasteiger partial charge is 0.439 e. The molecule has 0 bridgehead atoms. The van der Waals surface area contributed by atoms with Crippen molar-refractivity contribution in [2.75, 3.05) is 13.6 Å². The summed E-state index contributed by atoms with van der Waals surface area (Å²) in [4.78, 5) is 28.4. The van der Waals surface area contributed by atoms with Crippen molar-refractivity contribution in [3.63, 3.8) is 0 Å². The lowest BCUT2D eigenvalue weighted by atomic mass is 9.93. The van der Waals surface area contributed by atoms with Crippen LogP contribution in [0, 0.1) is 5.92 Å². The zero-order valence-corrected chi connectivity index (χ0v) is 15.5. The first-order valence-corrected chi connectivity index (χ1v) is 8.94. The number of benzene rings is 1. The van der Waals surface area contributed by atoms with E-state index in [4.69, 9.17) is 4.74 Å². The number of hydrogen-bond acceptors (Lipinski definition) is 5. The van der Waals surface area contributed by atoms with Gasteiger partial charge < -0.3 is 9.84 Å². The predicted molar refractivity (Wildman–Crippen MR) is 97.3 cm³/mol. The van der Waals surface area contributed by atoms with E-state index in [1.165, 1.54) is 0 Å². The SMILES string of the molecule is C=C1CC(C(O)C(C)C(=O)N2C(=O)OC(c3ccccc3)C2C)N(C)C1. The van der Waals surface area contributed by atoms with E-state index in [9.17, 15) is 14.7 Å². The highest BCUT2D eigenvalue weighted by Crippen LogP contribution is 2.34. The number of nitrogens with zero attached hydrogens (tertiary/aromatic N) is 2. The Kier molecular flexibility index (Phi) is 5.16. The van der Waals surface area contributed by atoms with Crippen LogP contribution in [-0.2, 0) is 9.53 Å². The summed E-state index contributed by atoms with van der Waals surface area (Å²) in [6.45, 7) is 8.13. The molecule has 1 aromatic carbocycles. The molecule has 1 aromatic rings. The predicted octanol–water partition coefficient (Wildman–Crippen LogP) is 2.35. The zero-order valence-electron chi connectivity index (χ0n) is 15.5. The molecule has 2 amide bonds. The van der Waals surface area contributed by atoms with Crippen LogP contribution in [0.3, 0.4) is 0 Å². The van der Waals surface area contributed by atoms with Gasteiger partial charge in [0.1, 0.15) is 6.10 Å². The second-order valence-corrected chi connectivity index (χ2v) is 7.38. The molecule has 2 aliphatic rings. The number of hydrogen-bond donors (Lipinski definition) is 1. The van der Waals surface area contributed by atoms with Crippen LogP contribution in [0.4, 0.5) is 4.79 Å². The van der Waals surface area contributed by atoms with Crippen molar-refractivity contribution >= 4 is 12.0 Å². The molecule has 6 nitrogen and oxygen atoms in total. The van der Waals surface area contributed by atoms with Crippen LogP contribution in [0.1, 0.15) is 31.9 Å². The third kappa shape index (κ3) is 3.27. The normalized spacial score (nSPS) is 28.9. The Hall–Kier alpha value is -2.18. The smallest absolute Gasteiger partial charge is 0.417 e. The minimum atomic E-state index is -0.873. The van der Waals surface area contributed by atoms with E-state index in [0.29, 0.717) is 13.0 Å². The Morgan fingerprint density at radius 3 is 2.58 bits per heavy atom. The molecule has 3 rings (SSSR count). The molecule has 0 aliphatic carbocycles. The number of aliphatic hydroxyl groups is 1. The van der Waals surface area contributed by atoms with Gasteiger partial charge in [-0.25, -0.2) is 9.69 Å². The summed E-state index contributed by atoms with van der Waals surface area (Å²) < 4.78 is 5.45. The number of carbonyl (C=O) groups excluding carboxylic acids is 2. The molecular formula is C20H26N2O4. The highest BCUT2D eigenvalue weighted by molar-refractivity contribution is 5.95. The standard InChI is InChI=1S/C20H26N2O4/c1-12-10-16(21(4)11-12)17(23)13(2)19(24)22-14(3)18(26-20(22)25)15-8-6-5-7-9-15/h5-9,13-14,16-18,23H,1,10-11H2,2-4H3. The highest BCUT2D eigenvalue weighted by Gasteiger charge is 2.47. The maximum atomic E-state index is 13.0. The van der Waals surface area contributed by atoms with Crippen molar-refractivity contribution in [2.24, 2.45) is 5.92 Å². The van der Waals surface area contributed by atoms with Crippen molar-refractivity contribution in [3.8, 4) is 0 Å². The first-order chi connectivity index (χ1) is 12.3. The Morgan fingerprint density at radius 1 is 1.35 bits per heavy atom. The summed E-state index contributed by atoms with van der Waals surface area (Å²) in [5.74, 6) is -1.11. The molecule has 5 unspecified atom stereocenters. The van der Waals surface area contributed by atoms with Gasteiger partial charge >= 0.3 is 6.09 Å². The summed E-state index contributed by atoms with van der Waals surface area (Å²) in [6, 6.07) is 8.78. The third-order valence-electron chi connectivity index (χ3n) is 5.47. The number of aliphatic hydroxyl groups excluding tert-OH is 1. The molecule has 2 heterocycles. The minimum absolute atomic E-state index is 0.166. The van der Waals surface area contributed by atoms with Crippen LogP contribution in [0.2, 0.25) is 0 Å². The lowest BCUT2D eigenvalue weighted by Crippen LogP contribution is -2.49. The van der Waals surface area contributed by atoms with Gasteiger partial charge in [0.15, 0.2) is 0 Å². The van der Waals surface area contributed by atoms with Crippen molar-refractivity contribution < 1.29 is 19.4 Å². The number of likely N-dealkylation sites (tertiary alicyclic amines) is 1. The van der Waals surface area contributed by atoms with Gasteiger partial charge in [-0.1, -0.05) is 49.4 Å². The summed E-state index contributed by atoms with van der Waals surface area (Å²) in [5, 5.41) is 10.7. The van der Waals surface area contributed by atoms with Gasteiger partial charge in [-0.3, -0.25) is 9.69 Å². The molecule has 6 heteroatoms. The molecule has 26 heavy (non-hydrogen) atoms. The lowest BCUT2D eigenvalue weighted by Gasteiger charge is -2.30. The zero-order chi connectivity index (χ0) is 19.0. The summed E-state index contributed by atoms with van der Waals surface area (Å²) in [5.41, 5.74) is 1.89. The van der Waals surface area contributed by atoms with Crippen LogP contribution < -0.4 is 0 Å². The van der Waals surface area contributed by atoms with Crippen molar-refractivity contribution in [1.82, 2.24) is 9.80 Å². The van der Waals surface area contributed by atoms with Gasteiger partial charge in [-0.05, 0) is 26.0 Å². The van der Waals surface area contributed by atoms with E-state index in [0.717, 1.165) is 16.0 Å². The topological polar surface area (TPSA) is 70.1 Å². The first kappa shape index (κ1) is 18.6. The Balaban J connectivity index is 1.74. The van der Waals surface area contributed by atoms with E-state index < -0.39 is 36.2 Å². The summed E-state index contributed by atoms with van der Waals surface area (Å²) in [7, 11) is 1.90. The number of likely N-dealkylation sites (N-methyl/N-ethyl adjacent to an activating group) is 1. The van der Waals surface area contributed by atoms with Gasteiger partial charge in [-0.2, -0.15) is 0 Å². The molecule has 0 saturated carbocycles. The number of amides is 2. The highest BCUT2D eigenvalue weighted by atomic mass is 16.6. The van der Waals surface area contributed by atoms with Gasteiger partial charge in [0, 0.05) is 12.6 Å². The fourth-order valence-corrected chi connectivity index (χ4v) is 3.91. The fraction of sp³-hybridized carbons (Fsp3) is 0.500. The number of ether oxygens (including phenoxy) is 1. The van der Waals surface area contributed by atoms with Gasteiger partial charge in [-0.15, -0.1) is 0 Å². The molecule has 1 N–H and O–H groups in total. The Bertz CT molecular complexity index is 705. The number of rotatable bonds is 4. The van der Waals surface area contributed by atoms with E-state index in [1.54, 1.807) is 13.8 Å². The molecule has 2 fully saturated rings. The summed E-state index contributed by atoms with van der Waals surface area (Å²) in [6.07, 6.45) is -1.37. The molecule has 0 spiro atoms. The number of cyclic esters (lactones) is 1. The van der Waals surface area contributed by atoms with E-state index >= 15 is 0 Å². The van der Waals surface area contributed by atoms with E-state index in [2.05, 4.69) is 6.58 Å². The van der Waals surface area contributed by atoms with Crippen LogP contribution in [0.15, 0.2) is 42.5 Å². The van der Waals surface area contributed by atoms with Crippen molar-refractivity contribution in [2.45, 2.75) is 44.6 Å². The lowest BCUT2D eigenvalue weighted by molar-refractivity contribution is -0.137. The molecule has 2 saturated heterocycles. The second kappa shape index (κ2) is 7.21. The molecule has 2 aliphatic heterocycles. The number of imide groups is 1. The Labute approximate surface area is 154 Å². The molecule has 5 atom stereocenters. The fourth-order valence-electron chi connectivity index (χ4n) is 3.91. The van der Waals surface area contributed by atoms with Crippen LogP contribution in [0.25, 0.3) is 0 Å². The molecule has 140 valence electrons. The van der Waals surface area contributed by atoms with Gasteiger partial charge in [0.25, 0.3) is 0 Å². The van der Waals surface area contributed by atoms with E-state index in [1.807, 2.05) is 42.3 Å². The maximum Gasteiger partial charge on any atom is 0.417 e. The minimum Gasteiger partial charge on any atom is -0.439 e. The average Bonchev–Trinajstić information content (AvgIpc) is 3.11. The van der Waals surface area contributed by atoms with Gasteiger partial charge in [0.05, 0.1) is 18.1 Å². The quantitative estimate of drug-likeness (QED) is 0.837. The average molecular weight is 358 g/mol. The first-order valence-electron chi connectivity index (χ1n) is 8.94. The second-order valence-electron chi connectivity index (χ2n) is 7.38. The van der Waals surface area contributed by atoms with Crippen LogP contribution >= 0.6 is 0 Å². The number of carbonyl (C=O) groups is 2. The summed E-state index contributed by atoms with van der Waals surface area (Å²) >= 11 is 0.